The summed E-state index contributed by atoms with van der Waals surface area (Å²) in [6.45, 7) is 2.94. The lowest BCUT2D eigenvalue weighted by Gasteiger charge is -2.32. The molecule has 0 aromatic heterocycles. The van der Waals surface area contributed by atoms with Gasteiger partial charge in [0.05, 0.1) is 39.0 Å². The Bertz CT molecular complexity index is 1530. The second-order valence-electron chi connectivity index (χ2n) is 9.37. The van der Waals surface area contributed by atoms with Crippen LogP contribution in [-0.2, 0) is 26.2 Å². The van der Waals surface area contributed by atoms with Gasteiger partial charge in [0.1, 0.15) is 24.1 Å². The van der Waals surface area contributed by atoms with Crippen LogP contribution in [0.15, 0.2) is 65.6 Å². The third kappa shape index (κ3) is 7.06. The zero-order chi connectivity index (χ0) is 31.0. The van der Waals surface area contributed by atoms with Gasteiger partial charge in [-0.25, -0.2) is 8.42 Å². The van der Waals surface area contributed by atoms with Crippen molar-refractivity contribution in [3.8, 4) is 23.0 Å². The van der Waals surface area contributed by atoms with Gasteiger partial charge in [0, 0.05) is 25.7 Å². The lowest BCUT2D eigenvalue weighted by molar-refractivity contribution is -0.139. The van der Waals surface area contributed by atoms with Crippen molar-refractivity contribution in [3.05, 3.63) is 71.8 Å². The Kier molecular flexibility index (Phi) is 10.6. The molecule has 3 aromatic rings. The predicted octanol–water partition coefficient (Wildman–Crippen LogP) is 3.39. The Morgan fingerprint density at radius 2 is 1.52 bits per heavy atom. The van der Waals surface area contributed by atoms with Crippen molar-refractivity contribution < 1.29 is 37.0 Å². The number of likely N-dealkylation sites (N-methyl/N-ethyl adjacent to an activating group) is 1. The number of methoxy groups -OCH3 is 4. The first-order valence-electron chi connectivity index (χ1n) is 13.0. The Morgan fingerprint density at radius 1 is 0.857 bits per heavy atom. The van der Waals surface area contributed by atoms with Crippen molar-refractivity contribution in [1.29, 1.82) is 0 Å². The average molecular weight is 600 g/mol. The molecule has 1 unspecified atom stereocenters. The largest absolute Gasteiger partial charge is 0.497 e. The van der Waals surface area contributed by atoms with Gasteiger partial charge in [-0.1, -0.05) is 29.8 Å². The lowest BCUT2D eigenvalue weighted by atomic mass is 10.1. The van der Waals surface area contributed by atoms with Crippen molar-refractivity contribution in [1.82, 2.24) is 10.2 Å². The number of benzene rings is 3. The van der Waals surface area contributed by atoms with Crippen LogP contribution >= 0.6 is 0 Å². The Labute approximate surface area is 247 Å². The second kappa shape index (κ2) is 13.9. The minimum absolute atomic E-state index is 0.0723. The minimum atomic E-state index is -4.41. The molecule has 0 heterocycles. The number of hydrogen-bond donors (Lipinski definition) is 1. The number of sulfonamides is 1. The zero-order valence-corrected chi connectivity index (χ0v) is 25.7. The monoisotopic (exact) mass is 599 g/mol. The van der Waals surface area contributed by atoms with Crippen LogP contribution in [0, 0.1) is 6.92 Å². The first-order chi connectivity index (χ1) is 20.0. The van der Waals surface area contributed by atoms with Crippen LogP contribution in [0.3, 0.4) is 0 Å². The summed E-state index contributed by atoms with van der Waals surface area (Å²) >= 11 is 0. The van der Waals surface area contributed by atoms with Gasteiger partial charge in [-0.15, -0.1) is 0 Å². The Hall–Kier alpha value is -4.45. The van der Waals surface area contributed by atoms with Crippen molar-refractivity contribution in [2.24, 2.45) is 0 Å². The van der Waals surface area contributed by atoms with E-state index in [1.807, 2.05) is 31.2 Å². The van der Waals surface area contributed by atoms with Crippen LogP contribution in [0.2, 0.25) is 0 Å². The highest BCUT2D eigenvalue weighted by Crippen LogP contribution is 2.37. The third-order valence-corrected chi connectivity index (χ3v) is 8.48. The fourth-order valence-corrected chi connectivity index (χ4v) is 5.84. The van der Waals surface area contributed by atoms with Gasteiger partial charge in [-0.3, -0.25) is 13.9 Å². The van der Waals surface area contributed by atoms with Crippen LogP contribution in [0.4, 0.5) is 5.69 Å². The summed E-state index contributed by atoms with van der Waals surface area (Å²) in [6, 6.07) is 15.4. The van der Waals surface area contributed by atoms with Crippen LogP contribution in [0.25, 0.3) is 0 Å². The van der Waals surface area contributed by atoms with E-state index in [-0.39, 0.29) is 28.6 Å². The average Bonchev–Trinajstić information content (AvgIpc) is 3.00. The number of amides is 2. The number of carbonyl (C=O) groups is 2. The summed E-state index contributed by atoms with van der Waals surface area (Å²) in [5.41, 5.74) is 1.83. The van der Waals surface area contributed by atoms with E-state index in [9.17, 15) is 18.0 Å². The highest BCUT2D eigenvalue weighted by molar-refractivity contribution is 7.92. The number of anilines is 1. The molecule has 11 nitrogen and oxygen atoms in total. The number of nitrogens with zero attached hydrogens (tertiary/aromatic N) is 2. The van der Waals surface area contributed by atoms with Gasteiger partial charge in [-0.2, -0.15) is 0 Å². The zero-order valence-electron chi connectivity index (χ0n) is 24.8. The highest BCUT2D eigenvalue weighted by Gasteiger charge is 2.34. The lowest BCUT2D eigenvalue weighted by Crippen LogP contribution is -2.50. The van der Waals surface area contributed by atoms with Crippen LogP contribution in [-0.4, -0.2) is 73.2 Å². The predicted molar refractivity (Wildman–Crippen MR) is 159 cm³/mol. The molecular weight excluding hydrogens is 562 g/mol. The SMILES string of the molecule is CNC(=O)C(C)N(Cc1cccc(C)c1)C(=O)CN(c1cc(OC)ccc1OC)S(=O)(=O)c1ccc(OC)c(OC)c1. The number of nitrogens with one attached hydrogen (secondary N) is 1. The topological polar surface area (TPSA) is 124 Å². The number of carbonyl (C=O) groups excluding carboxylic acids is 2. The molecule has 0 aliphatic rings. The molecule has 3 aromatic carbocycles. The van der Waals surface area contributed by atoms with Crippen molar-refractivity contribution >= 4 is 27.5 Å². The standard InChI is InChI=1S/C30H37N3O8S/c1-20-9-8-10-22(15-20)18-32(21(2)30(35)31-3)29(34)19-33(25-16-23(38-4)11-13-26(25)39-5)42(36,37)24-12-14-27(40-6)28(17-24)41-7/h8-17,21H,18-19H2,1-7H3,(H,31,35). The summed E-state index contributed by atoms with van der Waals surface area (Å²) < 4.78 is 50.9. The Morgan fingerprint density at radius 3 is 2.12 bits per heavy atom. The molecule has 0 radical (unpaired) electrons. The molecule has 0 saturated heterocycles. The molecule has 12 heteroatoms. The number of hydrogen-bond acceptors (Lipinski definition) is 8. The number of aryl methyl sites for hydroxylation is 1. The van der Waals surface area contributed by atoms with E-state index < -0.39 is 34.4 Å². The molecule has 0 bridgehead atoms. The maximum absolute atomic E-state index is 14.3. The normalized spacial score (nSPS) is 11.7. The Balaban J connectivity index is 2.18. The van der Waals surface area contributed by atoms with Gasteiger partial charge in [-0.05, 0) is 43.7 Å². The summed E-state index contributed by atoms with van der Waals surface area (Å²) in [5.74, 6) is 0.0580. The second-order valence-corrected chi connectivity index (χ2v) is 11.2. The molecule has 3 rings (SSSR count). The van der Waals surface area contributed by atoms with Crippen LogP contribution in [0.5, 0.6) is 23.0 Å². The van der Waals surface area contributed by atoms with E-state index in [1.54, 1.807) is 19.1 Å². The van der Waals surface area contributed by atoms with Gasteiger partial charge in [0.15, 0.2) is 11.5 Å². The summed E-state index contributed by atoms with van der Waals surface area (Å²) in [6.07, 6.45) is 0. The number of rotatable bonds is 13. The first kappa shape index (κ1) is 32.1. The van der Waals surface area contributed by atoms with E-state index in [0.717, 1.165) is 15.4 Å². The fraction of sp³-hybridized carbons (Fsp3) is 0.333. The molecule has 2 amide bonds. The third-order valence-electron chi connectivity index (χ3n) is 6.73. The summed E-state index contributed by atoms with van der Waals surface area (Å²) in [4.78, 5) is 28.0. The maximum Gasteiger partial charge on any atom is 0.265 e. The van der Waals surface area contributed by atoms with E-state index in [4.69, 9.17) is 18.9 Å². The fourth-order valence-electron chi connectivity index (χ4n) is 4.41. The van der Waals surface area contributed by atoms with E-state index in [1.165, 1.54) is 64.7 Å². The van der Waals surface area contributed by atoms with E-state index in [0.29, 0.717) is 11.5 Å². The van der Waals surface area contributed by atoms with Crippen molar-refractivity contribution in [3.63, 3.8) is 0 Å². The summed E-state index contributed by atoms with van der Waals surface area (Å²) in [7, 11) is 2.73. The minimum Gasteiger partial charge on any atom is -0.497 e. The molecule has 226 valence electrons. The quantitative estimate of drug-likeness (QED) is 0.317. The van der Waals surface area contributed by atoms with Crippen molar-refractivity contribution in [2.75, 3.05) is 46.3 Å². The molecule has 0 aliphatic heterocycles. The van der Waals surface area contributed by atoms with Crippen molar-refractivity contribution in [2.45, 2.75) is 31.3 Å². The smallest absolute Gasteiger partial charge is 0.265 e. The molecule has 0 fully saturated rings. The molecule has 0 aliphatic carbocycles. The molecule has 42 heavy (non-hydrogen) atoms. The van der Waals surface area contributed by atoms with Crippen LogP contribution < -0.4 is 28.6 Å². The molecular formula is C30H37N3O8S. The molecule has 1 atom stereocenters. The maximum atomic E-state index is 14.3. The van der Waals surface area contributed by atoms with E-state index in [2.05, 4.69) is 5.32 Å². The summed E-state index contributed by atoms with van der Waals surface area (Å²) in [5, 5.41) is 2.57. The van der Waals surface area contributed by atoms with E-state index >= 15 is 0 Å². The number of ether oxygens (including phenoxy) is 4. The first-order valence-corrected chi connectivity index (χ1v) is 14.5. The van der Waals surface area contributed by atoms with Gasteiger partial charge < -0.3 is 29.2 Å². The highest BCUT2D eigenvalue weighted by atomic mass is 32.2. The van der Waals surface area contributed by atoms with Gasteiger partial charge in [0.2, 0.25) is 11.8 Å². The molecule has 1 N–H and O–H groups in total. The van der Waals surface area contributed by atoms with Gasteiger partial charge in [0.25, 0.3) is 10.0 Å². The molecule has 0 spiro atoms. The molecule has 0 saturated carbocycles. The van der Waals surface area contributed by atoms with Gasteiger partial charge >= 0.3 is 0 Å². The van der Waals surface area contributed by atoms with Crippen LogP contribution in [0.1, 0.15) is 18.1 Å².